The SMILES string of the molecule is COC1C=C(CNc2c3c(nc4ccccc24)C=CC2(CCCCC2)C3)C=CC1. The molecule has 3 aliphatic rings. The number of allylic oxidation sites excluding steroid dienone is 1. The van der Waals surface area contributed by atoms with Gasteiger partial charge in [-0.15, -0.1) is 0 Å². The van der Waals surface area contributed by atoms with E-state index in [9.17, 15) is 0 Å². The number of aromatic nitrogens is 1. The van der Waals surface area contributed by atoms with Crippen LogP contribution in [0.1, 0.15) is 49.8 Å². The van der Waals surface area contributed by atoms with Crippen LogP contribution in [0.3, 0.4) is 0 Å². The van der Waals surface area contributed by atoms with Gasteiger partial charge >= 0.3 is 0 Å². The molecule has 0 radical (unpaired) electrons. The summed E-state index contributed by atoms with van der Waals surface area (Å²) in [6.07, 6.45) is 20.4. The lowest BCUT2D eigenvalue weighted by molar-refractivity contribution is 0.142. The molecule has 1 aromatic heterocycles. The Morgan fingerprint density at radius 3 is 2.86 bits per heavy atom. The van der Waals surface area contributed by atoms with Crippen LogP contribution in [-0.4, -0.2) is 24.7 Å². The molecular weight excluding hydrogens is 356 g/mol. The molecule has 0 saturated heterocycles. The van der Waals surface area contributed by atoms with Crippen LogP contribution in [0.15, 0.2) is 54.1 Å². The molecule has 1 N–H and O–H groups in total. The van der Waals surface area contributed by atoms with Crippen molar-refractivity contribution < 1.29 is 4.74 Å². The van der Waals surface area contributed by atoms with E-state index in [1.807, 2.05) is 0 Å². The Hall–Kier alpha value is -2.39. The predicted molar refractivity (Wildman–Crippen MR) is 121 cm³/mol. The van der Waals surface area contributed by atoms with Gasteiger partial charge in [0.25, 0.3) is 0 Å². The number of hydrogen-bond donors (Lipinski definition) is 1. The first-order valence-electron chi connectivity index (χ1n) is 11.0. The molecule has 3 nitrogen and oxygen atoms in total. The van der Waals surface area contributed by atoms with Gasteiger partial charge in [0.1, 0.15) is 0 Å². The lowest BCUT2D eigenvalue weighted by Crippen LogP contribution is -2.28. The van der Waals surface area contributed by atoms with E-state index < -0.39 is 0 Å². The molecule has 1 heterocycles. The zero-order valence-corrected chi connectivity index (χ0v) is 17.3. The molecule has 0 amide bonds. The number of rotatable bonds is 4. The summed E-state index contributed by atoms with van der Waals surface area (Å²) in [5.41, 5.74) is 6.50. The van der Waals surface area contributed by atoms with Crippen LogP contribution >= 0.6 is 0 Å². The third kappa shape index (κ3) is 3.64. The molecular formula is C26H30N2O. The largest absolute Gasteiger partial charge is 0.380 e. The Morgan fingerprint density at radius 2 is 2.00 bits per heavy atom. The Kier molecular flexibility index (Phi) is 5.01. The topological polar surface area (TPSA) is 34.1 Å². The molecule has 0 aliphatic heterocycles. The molecule has 2 aromatic rings. The van der Waals surface area contributed by atoms with Crippen LogP contribution in [0.4, 0.5) is 5.69 Å². The first-order chi connectivity index (χ1) is 14.3. The van der Waals surface area contributed by atoms with E-state index >= 15 is 0 Å². The average molecular weight is 387 g/mol. The van der Waals surface area contributed by atoms with E-state index in [2.05, 4.69) is 60.0 Å². The van der Waals surface area contributed by atoms with Gasteiger partial charge in [-0.05, 0) is 48.8 Å². The third-order valence-corrected chi connectivity index (χ3v) is 6.87. The van der Waals surface area contributed by atoms with Crippen molar-refractivity contribution in [1.82, 2.24) is 4.98 Å². The average Bonchev–Trinajstić information content (AvgIpc) is 2.78. The van der Waals surface area contributed by atoms with Crippen molar-refractivity contribution in [3.05, 3.63) is 65.4 Å². The van der Waals surface area contributed by atoms with E-state index in [1.54, 1.807) is 7.11 Å². The van der Waals surface area contributed by atoms with E-state index in [4.69, 9.17) is 9.72 Å². The van der Waals surface area contributed by atoms with Crippen LogP contribution in [0.5, 0.6) is 0 Å². The number of para-hydroxylation sites is 1. The van der Waals surface area contributed by atoms with Gasteiger partial charge in [0.15, 0.2) is 0 Å². The van der Waals surface area contributed by atoms with Crippen LogP contribution in [0.25, 0.3) is 17.0 Å². The molecule has 1 atom stereocenters. The molecule has 3 aliphatic carbocycles. The number of ether oxygens (including phenoxy) is 1. The van der Waals surface area contributed by atoms with E-state index in [0.717, 1.165) is 30.6 Å². The number of hydrogen-bond acceptors (Lipinski definition) is 3. The minimum absolute atomic E-state index is 0.188. The van der Waals surface area contributed by atoms with E-state index in [0.29, 0.717) is 5.41 Å². The fraction of sp³-hybridized carbons (Fsp3) is 0.423. The van der Waals surface area contributed by atoms with E-state index in [1.165, 1.54) is 54.3 Å². The highest BCUT2D eigenvalue weighted by atomic mass is 16.5. The highest BCUT2D eigenvalue weighted by molar-refractivity contribution is 5.95. The fourth-order valence-electron chi connectivity index (χ4n) is 5.24. The summed E-state index contributed by atoms with van der Waals surface area (Å²) in [4.78, 5) is 5.00. The van der Waals surface area contributed by atoms with Crippen molar-refractivity contribution >= 4 is 22.7 Å². The minimum Gasteiger partial charge on any atom is -0.380 e. The normalized spacial score (nSPS) is 22.5. The lowest BCUT2D eigenvalue weighted by Gasteiger charge is -2.38. The standard InChI is InChI=1S/C26H30N2O/c1-29-20-9-7-8-19(16-20)18-27-25-21-10-3-4-11-23(21)28-24-12-15-26(17-22(24)25)13-5-2-6-14-26/h3-4,7-8,10-12,15-16,20H,2,5-6,9,13-14,17-18H2,1H3,(H,27,28). The third-order valence-electron chi connectivity index (χ3n) is 6.87. The minimum atomic E-state index is 0.188. The molecule has 1 spiro atoms. The molecule has 1 saturated carbocycles. The second-order valence-corrected chi connectivity index (χ2v) is 8.81. The smallest absolute Gasteiger partial charge is 0.0792 e. The number of pyridine rings is 1. The zero-order chi connectivity index (χ0) is 19.7. The zero-order valence-electron chi connectivity index (χ0n) is 17.3. The highest BCUT2D eigenvalue weighted by Gasteiger charge is 2.34. The Labute approximate surface area is 173 Å². The van der Waals surface area contributed by atoms with Gasteiger partial charge in [-0.3, -0.25) is 0 Å². The molecule has 150 valence electrons. The Morgan fingerprint density at radius 1 is 1.14 bits per heavy atom. The van der Waals surface area contributed by atoms with Crippen molar-refractivity contribution in [3.63, 3.8) is 0 Å². The Bertz CT molecular complexity index is 995. The van der Waals surface area contributed by atoms with Crippen molar-refractivity contribution in [1.29, 1.82) is 0 Å². The number of fused-ring (bicyclic) bond motifs is 2. The molecule has 0 bridgehead atoms. The second-order valence-electron chi connectivity index (χ2n) is 8.81. The first kappa shape index (κ1) is 18.6. The monoisotopic (exact) mass is 386 g/mol. The molecule has 5 rings (SSSR count). The molecule has 3 heteroatoms. The lowest BCUT2D eigenvalue weighted by atomic mass is 9.67. The highest BCUT2D eigenvalue weighted by Crippen LogP contribution is 2.46. The first-order valence-corrected chi connectivity index (χ1v) is 11.0. The van der Waals surface area contributed by atoms with E-state index in [-0.39, 0.29) is 6.10 Å². The second kappa shape index (κ2) is 7.79. The summed E-state index contributed by atoms with van der Waals surface area (Å²) in [5, 5.41) is 5.04. The summed E-state index contributed by atoms with van der Waals surface area (Å²) in [6, 6.07) is 8.54. The van der Waals surface area contributed by atoms with Gasteiger partial charge in [0.05, 0.1) is 17.3 Å². The van der Waals surface area contributed by atoms with Gasteiger partial charge in [0.2, 0.25) is 0 Å². The summed E-state index contributed by atoms with van der Waals surface area (Å²) in [5.74, 6) is 0. The maximum Gasteiger partial charge on any atom is 0.0792 e. The predicted octanol–water partition coefficient (Wildman–Crippen LogP) is 6.07. The number of methoxy groups -OCH3 is 1. The number of benzene rings is 1. The molecule has 1 fully saturated rings. The molecule has 1 unspecified atom stereocenters. The van der Waals surface area contributed by atoms with Crippen LogP contribution < -0.4 is 5.32 Å². The molecule has 1 aromatic carbocycles. The number of nitrogens with zero attached hydrogens (tertiary/aromatic N) is 1. The van der Waals surface area contributed by atoms with Gasteiger partial charge in [0, 0.05) is 30.3 Å². The number of nitrogens with one attached hydrogen (secondary N) is 1. The summed E-state index contributed by atoms with van der Waals surface area (Å²) in [7, 11) is 1.79. The van der Waals surface area contributed by atoms with Gasteiger partial charge in [-0.25, -0.2) is 4.98 Å². The molecule has 29 heavy (non-hydrogen) atoms. The quantitative estimate of drug-likeness (QED) is 0.693. The van der Waals surface area contributed by atoms with Gasteiger partial charge in [-0.2, -0.15) is 0 Å². The maximum atomic E-state index is 5.53. The maximum absolute atomic E-state index is 5.53. The van der Waals surface area contributed by atoms with Crippen molar-refractivity contribution in [2.45, 2.75) is 51.0 Å². The van der Waals surface area contributed by atoms with Crippen LogP contribution in [0, 0.1) is 5.41 Å². The van der Waals surface area contributed by atoms with Crippen molar-refractivity contribution in [2.75, 3.05) is 19.0 Å². The van der Waals surface area contributed by atoms with Gasteiger partial charge < -0.3 is 10.1 Å². The summed E-state index contributed by atoms with van der Waals surface area (Å²) < 4.78 is 5.53. The summed E-state index contributed by atoms with van der Waals surface area (Å²) in [6.45, 7) is 0.813. The number of anilines is 1. The Balaban J connectivity index is 1.52. The van der Waals surface area contributed by atoms with Crippen molar-refractivity contribution in [3.8, 4) is 0 Å². The van der Waals surface area contributed by atoms with Gasteiger partial charge in [-0.1, -0.05) is 61.8 Å². The van der Waals surface area contributed by atoms with Crippen LogP contribution in [-0.2, 0) is 11.2 Å². The fourth-order valence-corrected chi connectivity index (χ4v) is 5.24. The van der Waals surface area contributed by atoms with Crippen molar-refractivity contribution in [2.24, 2.45) is 5.41 Å². The van der Waals surface area contributed by atoms with Crippen LogP contribution in [0.2, 0.25) is 0 Å². The summed E-state index contributed by atoms with van der Waals surface area (Å²) >= 11 is 0.